The van der Waals surface area contributed by atoms with E-state index in [1.165, 1.54) is 22.9 Å². The molecule has 0 radical (unpaired) electrons. The van der Waals surface area contributed by atoms with Gasteiger partial charge in [-0.25, -0.2) is 4.98 Å². The zero-order valence-electron chi connectivity index (χ0n) is 14.2. The van der Waals surface area contributed by atoms with Gasteiger partial charge in [0.25, 0.3) is 0 Å². The second kappa shape index (κ2) is 8.12. The van der Waals surface area contributed by atoms with E-state index in [2.05, 4.69) is 41.6 Å². The Balaban J connectivity index is 1.68. The molecule has 1 fully saturated rings. The summed E-state index contributed by atoms with van der Waals surface area (Å²) in [6.45, 7) is 5.95. The Morgan fingerprint density at radius 1 is 1.21 bits per heavy atom. The minimum atomic E-state index is 0.220. The van der Waals surface area contributed by atoms with Crippen LogP contribution in [0.25, 0.3) is 5.69 Å². The molecule has 2 aromatic rings. The topological polar surface area (TPSA) is 38.1 Å². The predicted octanol–water partition coefficient (Wildman–Crippen LogP) is 3.55. The first kappa shape index (κ1) is 17.4. The molecule has 0 N–H and O–H groups in total. The lowest BCUT2D eigenvalue weighted by Gasteiger charge is -2.19. The number of thioether (sulfide) groups is 2. The van der Waals surface area contributed by atoms with Crippen molar-refractivity contribution in [3.8, 4) is 5.69 Å². The standard InChI is InChI=1S/C18H23N3OS2/c1-14-10-15(2)12-16(11-14)21-6-4-19-18(21)24-13-17(22)20-5-3-8-23-9-7-20/h4,6,10-12H,3,5,7-9,13H2,1-2H3. The number of hydrogen-bond donors (Lipinski definition) is 0. The summed E-state index contributed by atoms with van der Waals surface area (Å²) in [4.78, 5) is 18.9. The van der Waals surface area contributed by atoms with E-state index in [0.717, 1.165) is 41.9 Å². The molecule has 1 aromatic heterocycles. The van der Waals surface area contributed by atoms with Crippen molar-refractivity contribution in [2.24, 2.45) is 0 Å². The summed E-state index contributed by atoms with van der Waals surface area (Å²) in [6, 6.07) is 6.45. The van der Waals surface area contributed by atoms with Crippen LogP contribution in [0.5, 0.6) is 0 Å². The number of aromatic nitrogens is 2. The lowest BCUT2D eigenvalue weighted by molar-refractivity contribution is -0.128. The highest BCUT2D eigenvalue weighted by molar-refractivity contribution is 7.99. The van der Waals surface area contributed by atoms with Gasteiger partial charge in [0.15, 0.2) is 5.16 Å². The van der Waals surface area contributed by atoms with E-state index in [-0.39, 0.29) is 5.91 Å². The van der Waals surface area contributed by atoms with Crippen LogP contribution in [0, 0.1) is 13.8 Å². The summed E-state index contributed by atoms with van der Waals surface area (Å²) in [5.41, 5.74) is 3.56. The summed E-state index contributed by atoms with van der Waals surface area (Å²) < 4.78 is 2.07. The van der Waals surface area contributed by atoms with Crippen molar-refractivity contribution >= 4 is 29.4 Å². The van der Waals surface area contributed by atoms with Crippen molar-refractivity contribution in [2.45, 2.75) is 25.4 Å². The van der Waals surface area contributed by atoms with Gasteiger partial charge in [-0.05, 0) is 49.3 Å². The molecule has 1 aliphatic heterocycles. The van der Waals surface area contributed by atoms with Crippen molar-refractivity contribution in [1.29, 1.82) is 0 Å². The number of hydrogen-bond acceptors (Lipinski definition) is 4. The number of rotatable bonds is 4. The lowest BCUT2D eigenvalue weighted by Crippen LogP contribution is -2.34. The minimum Gasteiger partial charge on any atom is -0.341 e. The molecule has 3 rings (SSSR count). The maximum absolute atomic E-state index is 12.5. The summed E-state index contributed by atoms with van der Waals surface area (Å²) in [5.74, 6) is 2.88. The average Bonchev–Trinajstić information content (AvgIpc) is 2.84. The van der Waals surface area contributed by atoms with Gasteiger partial charge >= 0.3 is 0 Å². The Morgan fingerprint density at radius 2 is 2.00 bits per heavy atom. The van der Waals surface area contributed by atoms with E-state index in [1.807, 2.05) is 22.9 Å². The van der Waals surface area contributed by atoms with Crippen LogP contribution in [0.2, 0.25) is 0 Å². The second-order valence-electron chi connectivity index (χ2n) is 6.06. The number of carbonyl (C=O) groups excluding carboxylic acids is 1. The molecule has 0 atom stereocenters. The first-order chi connectivity index (χ1) is 11.6. The highest BCUT2D eigenvalue weighted by atomic mass is 32.2. The molecule has 1 aliphatic rings. The van der Waals surface area contributed by atoms with Crippen LogP contribution >= 0.6 is 23.5 Å². The molecule has 0 saturated carbocycles. The number of carbonyl (C=O) groups is 1. The van der Waals surface area contributed by atoms with Gasteiger partial charge < -0.3 is 4.90 Å². The first-order valence-electron chi connectivity index (χ1n) is 8.24. The molecular weight excluding hydrogens is 338 g/mol. The minimum absolute atomic E-state index is 0.220. The predicted molar refractivity (Wildman–Crippen MR) is 102 cm³/mol. The molecule has 2 heterocycles. The van der Waals surface area contributed by atoms with Crippen molar-refractivity contribution in [1.82, 2.24) is 14.5 Å². The van der Waals surface area contributed by atoms with Crippen LogP contribution in [0.4, 0.5) is 0 Å². The maximum Gasteiger partial charge on any atom is 0.233 e. The average molecular weight is 362 g/mol. The van der Waals surface area contributed by atoms with Crippen LogP contribution in [0.3, 0.4) is 0 Å². The van der Waals surface area contributed by atoms with Crippen molar-refractivity contribution < 1.29 is 4.79 Å². The third kappa shape index (κ3) is 4.36. The Bertz CT molecular complexity index is 686. The van der Waals surface area contributed by atoms with Gasteiger partial charge in [-0.1, -0.05) is 17.8 Å². The third-order valence-corrected chi connectivity index (χ3v) is 5.99. The quantitative estimate of drug-likeness (QED) is 0.781. The smallest absolute Gasteiger partial charge is 0.233 e. The third-order valence-electron chi connectivity index (χ3n) is 3.99. The Kier molecular flexibility index (Phi) is 5.89. The van der Waals surface area contributed by atoms with Gasteiger partial charge in [0.2, 0.25) is 5.91 Å². The van der Waals surface area contributed by atoms with Gasteiger partial charge in [-0.15, -0.1) is 0 Å². The van der Waals surface area contributed by atoms with Crippen molar-refractivity contribution in [2.75, 3.05) is 30.3 Å². The second-order valence-corrected chi connectivity index (χ2v) is 8.23. The van der Waals surface area contributed by atoms with Crippen molar-refractivity contribution in [3.63, 3.8) is 0 Å². The van der Waals surface area contributed by atoms with Crippen LogP contribution in [0.15, 0.2) is 35.7 Å². The molecule has 1 amide bonds. The fourth-order valence-electron chi connectivity index (χ4n) is 2.90. The SMILES string of the molecule is Cc1cc(C)cc(-n2ccnc2SCC(=O)N2CCCSCC2)c1. The highest BCUT2D eigenvalue weighted by Crippen LogP contribution is 2.23. The van der Waals surface area contributed by atoms with E-state index >= 15 is 0 Å². The van der Waals surface area contributed by atoms with E-state index < -0.39 is 0 Å². The van der Waals surface area contributed by atoms with Crippen LogP contribution < -0.4 is 0 Å². The summed E-state index contributed by atoms with van der Waals surface area (Å²) in [6.07, 6.45) is 4.86. The zero-order valence-corrected chi connectivity index (χ0v) is 15.8. The monoisotopic (exact) mass is 361 g/mol. The van der Waals surface area contributed by atoms with Gasteiger partial charge in [0.05, 0.1) is 5.75 Å². The molecule has 0 bridgehead atoms. The molecule has 0 unspecified atom stereocenters. The fraction of sp³-hybridized carbons (Fsp3) is 0.444. The molecule has 4 nitrogen and oxygen atoms in total. The Morgan fingerprint density at radius 3 is 2.79 bits per heavy atom. The molecule has 0 aliphatic carbocycles. The molecule has 6 heteroatoms. The van der Waals surface area contributed by atoms with E-state index in [9.17, 15) is 4.79 Å². The number of aryl methyl sites for hydroxylation is 2. The Hall–Kier alpha value is -1.40. The number of amides is 1. The zero-order chi connectivity index (χ0) is 16.9. The lowest BCUT2D eigenvalue weighted by atomic mass is 10.1. The van der Waals surface area contributed by atoms with Gasteiger partial charge in [-0.3, -0.25) is 9.36 Å². The molecule has 24 heavy (non-hydrogen) atoms. The summed E-state index contributed by atoms with van der Waals surface area (Å²) in [7, 11) is 0. The van der Waals surface area contributed by atoms with Gasteiger partial charge in [-0.2, -0.15) is 11.8 Å². The van der Waals surface area contributed by atoms with Crippen molar-refractivity contribution in [3.05, 3.63) is 41.7 Å². The van der Waals surface area contributed by atoms with E-state index in [1.54, 1.807) is 6.20 Å². The largest absolute Gasteiger partial charge is 0.341 e. The number of imidazole rings is 1. The molecular formula is C18H23N3OS2. The number of benzene rings is 1. The summed E-state index contributed by atoms with van der Waals surface area (Å²) in [5, 5.41) is 0.873. The maximum atomic E-state index is 12.5. The van der Waals surface area contributed by atoms with Crippen LogP contribution in [-0.2, 0) is 4.79 Å². The van der Waals surface area contributed by atoms with Gasteiger partial charge in [0.1, 0.15) is 0 Å². The van der Waals surface area contributed by atoms with Gasteiger partial charge in [0, 0.05) is 36.9 Å². The summed E-state index contributed by atoms with van der Waals surface area (Å²) >= 11 is 3.46. The highest BCUT2D eigenvalue weighted by Gasteiger charge is 2.17. The number of nitrogens with zero attached hydrogens (tertiary/aromatic N) is 3. The molecule has 1 aromatic carbocycles. The Labute approximate surface area is 152 Å². The van der Waals surface area contributed by atoms with Crippen LogP contribution in [-0.4, -0.2) is 50.7 Å². The van der Waals surface area contributed by atoms with E-state index in [0.29, 0.717) is 5.75 Å². The molecule has 1 saturated heterocycles. The normalized spacial score (nSPS) is 15.3. The molecule has 128 valence electrons. The first-order valence-corrected chi connectivity index (χ1v) is 10.4. The fourth-order valence-corrected chi connectivity index (χ4v) is 4.66. The van der Waals surface area contributed by atoms with E-state index in [4.69, 9.17) is 0 Å². The van der Waals surface area contributed by atoms with Crippen LogP contribution in [0.1, 0.15) is 17.5 Å². The molecule has 0 spiro atoms.